The molecule has 40 heavy (non-hydrogen) atoms. The van der Waals surface area contributed by atoms with E-state index in [1.165, 1.54) is 47.9 Å². The molecule has 4 heteroatoms. The molecule has 8 rings (SSSR count). The summed E-state index contributed by atoms with van der Waals surface area (Å²) in [4.78, 5) is 7.47. The first-order valence-corrected chi connectivity index (χ1v) is 15.1. The van der Waals surface area contributed by atoms with Crippen molar-refractivity contribution in [1.29, 1.82) is 5.26 Å². The number of nitriles is 1. The first kappa shape index (κ1) is 24.0. The van der Waals surface area contributed by atoms with Crippen LogP contribution in [0.1, 0.15) is 73.6 Å². The minimum Gasteiger partial charge on any atom is -0.489 e. The van der Waals surface area contributed by atoms with Crippen molar-refractivity contribution in [2.24, 2.45) is 16.8 Å². The number of dihydropyridines is 1. The summed E-state index contributed by atoms with van der Waals surface area (Å²) in [5, 5.41) is 9.36. The lowest BCUT2D eigenvalue weighted by Gasteiger charge is -2.39. The summed E-state index contributed by atoms with van der Waals surface area (Å²) >= 11 is 0. The van der Waals surface area contributed by atoms with E-state index in [-0.39, 0.29) is 12.1 Å². The summed E-state index contributed by atoms with van der Waals surface area (Å²) < 4.78 is 6.75. The molecule has 2 aromatic rings. The molecule has 7 atom stereocenters. The molecule has 7 unspecified atom stereocenters. The lowest BCUT2D eigenvalue weighted by molar-refractivity contribution is 0.101. The quantitative estimate of drug-likeness (QED) is 0.386. The number of hydrogen-bond donors (Lipinski definition) is 0. The number of aliphatic imine (C=N–C) groups is 1. The Morgan fingerprint density at radius 2 is 1.82 bits per heavy atom. The predicted molar refractivity (Wildman–Crippen MR) is 159 cm³/mol. The number of fused-ring (bicyclic) bond motifs is 7. The van der Waals surface area contributed by atoms with E-state index in [1.807, 2.05) is 6.08 Å². The normalized spacial score (nSPS) is 33.4. The predicted octanol–water partition coefficient (Wildman–Crippen LogP) is 7.69. The van der Waals surface area contributed by atoms with Gasteiger partial charge in [-0.25, -0.2) is 0 Å². The van der Waals surface area contributed by atoms with Crippen molar-refractivity contribution in [1.82, 2.24) is 4.90 Å². The van der Waals surface area contributed by atoms with Crippen molar-refractivity contribution in [3.05, 3.63) is 107 Å². The molecule has 3 aliphatic heterocycles. The topological polar surface area (TPSA) is 48.6 Å². The maximum atomic E-state index is 9.36. The van der Waals surface area contributed by atoms with Crippen LogP contribution in [0, 0.1) is 23.2 Å². The zero-order valence-electron chi connectivity index (χ0n) is 22.8. The van der Waals surface area contributed by atoms with Gasteiger partial charge in [-0.2, -0.15) is 5.26 Å². The van der Waals surface area contributed by atoms with Gasteiger partial charge >= 0.3 is 0 Å². The minimum absolute atomic E-state index is 0.0387. The van der Waals surface area contributed by atoms with Crippen LogP contribution in [0.2, 0.25) is 0 Å². The fourth-order valence-corrected chi connectivity index (χ4v) is 8.48. The van der Waals surface area contributed by atoms with Crippen molar-refractivity contribution in [2.75, 3.05) is 0 Å². The zero-order valence-corrected chi connectivity index (χ0v) is 22.8. The molecule has 4 nitrogen and oxygen atoms in total. The summed E-state index contributed by atoms with van der Waals surface area (Å²) in [6.07, 6.45) is 21.6. The lowest BCUT2D eigenvalue weighted by atomic mass is 9.71. The molecule has 3 aliphatic carbocycles. The molecule has 2 aromatic carbocycles. The van der Waals surface area contributed by atoms with Gasteiger partial charge in [0.05, 0.1) is 24.2 Å². The Bertz CT molecular complexity index is 1520. The molecule has 0 N–H and O–H groups in total. The van der Waals surface area contributed by atoms with Gasteiger partial charge in [0.15, 0.2) is 0 Å². The maximum absolute atomic E-state index is 9.36. The molecular weight excluding hydrogens is 490 g/mol. The molecule has 0 amide bonds. The van der Waals surface area contributed by atoms with E-state index in [4.69, 9.17) is 4.74 Å². The number of benzene rings is 2. The Labute approximate surface area is 237 Å². The molecule has 200 valence electrons. The number of likely N-dealkylation sites (tertiary alicyclic amines) is 1. The Balaban J connectivity index is 1.16. The number of allylic oxidation sites excluding steroid dienone is 4. The molecule has 6 aliphatic rings. The van der Waals surface area contributed by atoms with Crippen molar-refractivity contribution < 1.29 is 4.74 Å². The van der Waals surface area contributed by atoms with Gasteiger partial charge in [-0.3, -0.25) is 4.99 Å². The Morgan fingerprint density at radius 1 is 0.950 bits per heavy atom. The molecular formula is C36H35N3O. The van der Waals surface area contributed by atoms with Gasteiger partial charge in [0.1, 0.15) is 11.9 Å². The third-order valence-electron chi connectivity index (χ3n) is 10.3. The van der Waals surface area contributed by atoms with Gasteiger partial charge in [0, 0.05) is 41.3 Å². The molecule has 3 heterocycles. The van der Waals surface area contributed by atoms with Crippen LogP contribution in [0.5, 0.6) is 5.75 Å². The third kappa shape index (κ3) is 3.74. The highest BCUT2D eigenvalue weighted by Gasteiger charge is 2.56. The van der Waals surface area contributed by atoms with Crippen LogP contribution in [0.4, 0.5) is 0 Å². The summed E-state index contributed by atoms with van der Waals surface area (Å²) in [7, 11) is 0. The second-order valence-electron chi connectivity index (χ2n) is 12.2. The van der Waals surface area contributed by atoms with Crippen LogP contribution in [0.15, 0.2) is 95.2 Å². The van der Waals surface area contributed by atoms with Crippen LogP contribution < -0.4 is 4.74 Å². The summed E-state index contributed by atoms with van der Waals surface area (Å²) in [6, 6.07) is 20.9. The van der Waals surface area contributed by atoms with Crippen LogP contribution in [0.25, 0.3) is 5.57 Å². The first-order valence-electron chi connectivity index (χ1n) is 15.1. The van der Waals surface area contributed by atoms with Gasteiger partial charge in [0.25, 0.3) is 0 Å². The summed E-state index contributed by atoms with van der Waals surface area (Å²) in [5.41, 5.74) is 7.77. The second-order valence-corrected chi connectivity index (χ2v) is 12.2. The van der Waals surface area contributed by atoms with E-state index in [2.05, 4.69) is 88.8 Å². The van der Waals surface area contributed by atoms with Gasteiger partial charge in [-0.1, -0.05) is 66.8 Å². The minimum atomic E-state index is 0.0387. The van der Waals surface area contributed by atoms with Crippen LogP contribution in [0.3, 0.4) is 0 Å². The first-order chi connectivity index (χ1) is 19.8. The van der Waals surface area contributed by atoms with Crippen molar-refractivity contribution in [3.8, 4) is 11.8 Å². The van der Waals surface area contributed by atoms with Gasteiger partial charge < -0.3 is 9.64 Å². The number of ether oxygens (including phenoxy) is 1. The van der Waals surface area contributed by atoms with Crippen molar-refractivity contribution >= 4 is 11.8 Å². The Morgan fingerprint density at radius 3 is 2.73 bits per heavy atom. The lowest BCUT2D eigenvalue weighted by Crippen LogP contribution is -2.43. The Kier molecular flexibility index (Phi) is 5.80. The largest absolute Gasteiger partial charge is 0.489 e. The molecule has 0 bridgehead atoms. The number of para-hydroxylation sites is 1. The highest BCUT2D eigenvalue weighted by molar-refractivity contribution is 5.75. The van der Waals surface area contributed by atoms with Crippen LogP contribution in [-0.4, -0.2) is 29.3 Å². The average Bonchev–Trinajstić information content (AvgIpc) is 3.57. The number of rotatable bonds is 3. The van der Waals surface area contributed by atoms with E-state index in [1.54, 1.807) is 11.9 Å². The van der Waals surface area contributed by atoms with E-state index in [9.17, 15) is 5.26 Å². The van der Waals surface area contributed by atoms with Crippen LogP contribution >= 0.6 is 0 Å². The summed E-state index contributed by atoms with van der Waals surface area (Å²) in [5.74, 6) is 2.57. The average molecular weight is 526 g/mol. The highest BCUT2D eigenvalue weighted by atomic mass is 16.5. The number of hydrogen-bond acceptors (Lipinski definition) is 4. The molecule has 0 spiro atoms. The smallest absolute Gasteiger partial charge is 0.123 e. The fourth-order valence-electron chi connectivity index (χ4n) is 8.48. The second kappa shape index (κ2) is 9.66. The SMILES string of the molecule is N#CC1=CC=NC(c2ccc(C3=C(N4C5C=CCCC5C5C6Oc7ccccc7C6C=CC54)CCCC3)cc2)C1. The summed E-state index contributed by atoms with van der Waals surface area (Å²) in [6.45, 7) is 0. The molecule has 1 fully saturated rings. The van der Waals surface area contributed by atoms with Crippen molar-refractivity contribution in [2.45, 2.75) is 75.1 Å². The van der Waals surface area contributed by atoms with Gasteiger partial charge in [-0.15, -0.1) is 0 Å². The van der Waals surface area contributed by atoms with Crippen LogP contribution in [-0.2, 0) is 0 Å². The van der Waals surface area contributed by atoms with E-state index in [0.717, 1.165) is 24.2 Å². The zero-order chi connectivity index (χ0) is 26.6. The van der Waals surface area contributed by atoms with Gasteiger partial charge in [0.2, 0.25) is 0 Å². The highest BCUT2D eigenvalue weighted by Crippen LogP contribution is 2.55. The molecule has 0 radical (unpaired) electrons. The van der Waals surface area contributed by atoms with Gasteiger partial charge in [-0.05, 0) is 73.3 Å². The standard InChI is InChI=1S/C36H35N3O/c37-22-23-19-20-38-30(21-23)25-15-13-24(14-16-25)26-7-1-4-10-31(26)39-32-11-5-2-9-29(32)35-33(39)18-17-28-27-8-3-6-12-34(27)40-36(28)35/h3,5-6,8,11-20,28-30,32-33,35-36H,1-2,4,7,9-10,21H2. The molecule has 0 saturated carbocycles. The van der Waals surface area contributed by atoms with E-state index in [0.29, 0.717) is 36.3 Å². The monoisotopic (exact) mass is 525 g/mol. The third-order valence-corrected chi connectivity index (χ3v) is 10.3. The Hall–Kier alpha value is -3.84. The molecule has 0 aromatic heterocycles. The fraction of sp³-hybridized carbons (Fsp3) is 0.389. The number of nitrogens with zero attached hydrogens (tertiary/aromatic N) is 3. The van der Waals surface area contributed by atoms with E-state index < -0.39 is 0 Å². The molecule has 1 saturated heterocycles. The maximum Gasteiger partial charge on any atom is 0.123 e. The van der Waals surface area contributed by atoms with E-state index >= 15 is 0 Å². The van der Waals surface area contributed by atoms with Crippen molar-refractivity contribution in [3.63, 3.8) is 0 Å².